The molecule has 0 aliphatic rings. The molecule has 0 bridgehead atoms. The van der Waals surface area contributed by atoms with Gasteiger partial charge in [0.15, 0.2) is 0 Å². The molecule has 0 aromatic carbocycles. The summed E-state index contributed by atoms with van der Waals surface area (Å²) >= 11 is 0. The van der Waals surface area contributed by atoms with Crippen molar-refractivity contribution in [3.63, 3.8) is 0 Å². The van der Waals surface area contributed by atoms with Crippen molar-refractivity contribution in [3.8, 4) is 0 Å². The monoisotopic (exact) mass is 182 g/mol. The third-order valence-electron chi connectivity index (χ3n) is 0. The Morgan fingerprint density at radius 1 is 1.00 bits per heavy atom. The van der Waals surface area contributed by atoms with Gasteiger partial charge in [0.05, 0.1) is 0 Å². The summed E-state index contributed by atoms with van der Waals surface area (Å²) in [7, 11) is 0. The maximum atomic E-state index is 0. The van der Waals surface area contributed by atoms with E-state index in [0.29, 0.717) is 0 Å². The van der Waals surface area contributed by atoms with Crippen LogP contribution in [0, 0.1) is 0 Å². The molecule has 3 radical (unpaired) electrons. The first-order chi connectivity index (χ1) is 0. The molecule has 0 heterocycles. The first-order valence-electron chi connectivity index (χ1n) is 0. The van der Waals surface area contributed by atoms with Gasteiger partial charge in [-0.1, -0.05) is 0 Å². The molecule has 0 spiro atoms. The molecule has 0 aromatic rings. The SMILES string of the molecule is [Co+2].[Cr+3].[Mn+2].[O-2]. The fourth-order valence-electron chi connectivity index (χ4n) is 0. The van der Waals surface area contributed by atoms with Gasteiger partial charge < -0.3 is 5.48 Å². The van der Waals surface area contributed by atoms with E-state index in [1.54, 1.807) is 0 Å². The van der Waals surface area contributed by atoms with E-state index >= 15 is 0 Å². The zero-order valence-corrected chi connectivity index (χ0v) is 5.02. The minimum Gasteiger partial charge on any atom is -2.00 e. The normalized spacial score (nSPS) is 0. The second-order valence-electron chi connectivity index (χ2n) is 0. The fraction of sp³-hybridized carbons (Fsp3) is 0. The fourth-order valence-corrected chi connectivity index (χ4v) is 0. The van der Waals surface area contributed by atoms with Crippen molar-refractivity contribution in [2.24, 2.45) is 0 Å². The number of hydrogen-bond donors (Lipinski definition) is 0. The smallest absolute Gasteiger partial charge is 2.00 e. The molecule has 0 aliphatic heterocycles. The molecule has 23 valence electrons. The standard InChI is InChI=1S/Co.Cr.Mn.O/q+2;+3;+2;-2. The summed E-state index contributed by atoms with van der Waals surface area (Å²) < 4.78 is 0. The Morgan fingerprint density at radius 3 is 1.00 bits per heavy atom. The Kier molecular flexibility index (Phi) is 296. The summed E-state index contributed by atoms with van der Waals surface area (Å²) in [5.41, 5.74) is 0. The van der Waals surface area contributed by atoms with E-state index in [9.17, 15) is 0 Å². The van der Waals surface area contributed by atoms with Crippen molar-refractivity contribution in [3.05, 3.63) is 0 Å². The zero-order valence-electron chi connectivity index (χ0n) is 1.53. The van der Waals surface area contributed by atoms with Crippen molar-refractivity contribution >= 4 is 0 Å². The van der Waals surface area contributed by atoms with Gasteiger partial charge in [0.2, 0.25) is 0 Å². The molecule has 1 nitrogen and oxygen atoms in total. The van der Waals surface area contributed by atoms with Crippen LogP contribution < -0.4 is 0 Å². The van der Waals surface area contributed by atoms with Gasteiger partial charge in [-0.3, -0.25) is 0 Å². The van der Waals surface area contributed by atoms with Gasteiger partial charge in [0.1, 0.15) is 0 Å². The van der Waals surface area contributed by atoms with Gasteiger partial charge in [-0.15, -0.1) is 0 Å². The molecule has 4 heteroatoms. The van der Waals surface area contributed by atoms with Crippen molar-refractivity contribution in [2.75, 3.05) is 0 Å². The van der Waals surface area contributed by atoms with Crippen LogP contribution in [-0.4, -0.2) is 0 Å². The third-order valence-corrected chi connectivity index (χ3v) is 0. The van der Waals surface area contributed by atoms with Crippen LogP contribution >= 0.6 is 0 Å². The Labute approximate surface area is 56.6 Å². The van der Waals surface area contributed by atoms with E-state index in [0.717, 1.165) is 0 Å². The predicted molar refractivity (Wildman–Crippen MR) is 0.686 cm³/mol. The first-order valence-corrected chi connectivity index (χ1v) is 0. The van der Waals surface area contributed by atoms with Crippen molar-refractivity contribution in [1.82, 2.24) is 0 Å². The maximum absolute atomic E-state index is 0. The molecule has 0 atom stereocenters. The van der Waals surface area contributed by atoms with E-state index in [1.165, 1.54) is 0 Å². The molecule has 0 aromatic heterocycles. The van der Waals surface area contributed by atoms with E-state index < -0.39 is 0 Å². The van der Waals surface area contributed by atoms with Gasteiger partial charge in [0.25, 0.3) is 0 Å². The Hall–Kier alpha value is 1.52. The van der Waals surface area contributed by atoms with Crippen LogP contribution in [0.2, 0.25) is 0 Å². The van der Waals surface area contributed by atoms with Crippen LogP contribution in [-0.2, 0) is 56.7 Å². The molecule has 0 fully saturated rings. The topological polar surface area (TPSA) is 28.5 Å². The maximum Gasteiger partial charge on any atom is 3.00 e. The van der Waals surface area contributed by atoms with Gasteiger partial charge in [-0.05, 0) is 0 Å². The second kappa shape index (κ2) is 24.3. The molecule has 0 amide bonds. The average molecular weight is 182 g/mol. The first kappa shape index (κ1) is 48.9. The van der Waals surface area contributed by atoms with Crippen molar-refractivity contribution < 1.29 is 56.7 Å². The Balaban J connectivity index is 0. The largest absolute Gasteiger partial charge is 3.00 e. The van der Waals surface area contributed by atoms with Crippen LogP contribution in [0.1, 0.15) is 0 Å². The summed E-state index contributed by atoms with van der Waals surface area (Å²) in [6.45, 7) is 0. The quantitative estimate of drug-likeness (QED) is 0.467. The molecule has 0 saturated heterocycles. The Bertz CT molecular complexity index is 8.00. The van der Waals surface area contributed by atoms with E-state index in [-0.39, 0.29) is 56.7 Å². The molecule has 0 unspecified atom stereocenters. The van der Waals surface area contributed by atoms with Crippen LogP contribution in [0.15, 0.2) is 0 Å². The van der Waals surface area contributed by atoms with Crippen LogP contribution in [0.5, 0.6) is 0 Å². The molecule has 0 rings (SSSR count). The molecule has 0 saturated carbocycles. The zero-order chi connectivity index (χ0) is 0. The van der Waals surface area contributed by atoms with E-state index in [4.69, 9.17) is 0 Å². The van der Waals surface area contributed by atoms with Crippen molar-refractivity contribution in [1.29, 1.82) is 0 Å². The molecular formula is CoCrMnO+5. The number of rotatable bonds is 0. The summed E-state index contributed by atoms with van der Waals surface area (Å²) in [6, 6.07) is 0. The number of hydrogen-bond acceptors (Lipinski definition) is 0. The molecule has 0 N–H and O–H groups in total. The minimum absolute atomic E-state index is 0. The van der Waals surface area contributed by atoms with E-state index in [2.05, 4.69) is 0 Å². The van der Waals surface area contributed by atoms with Crippen LogP contribution in [0.25, 0.3) is 0 Å². The van der Waals surface area contributed by atoms with Crippen LogP contribution in [0.3, 0.4) is 0 Å². The average Bonchev–Trinajstić information content (AvgIpc) is 0. The van der Waals surface area contributed by atoms with Gasteiger partial charge in [-0.25, -0.2) is 0 Å². The van der Waals surface area contributed by atoms with Crippen LogP contribution in [0.4, 0.5) is 0 Å². The van der Waals surface area contributed by atoms with Crippen molar-refractivity contribution in [2.45, 2.75) is 0 Å². The summed E-state index contributed by atoms with van der Waals surface area (Å²) in [6.07, 6.45) is 0. The van der Waals surface area contributed by atoms with Gasteiger partial charge in [0, 0.05) is 0 Å². The third kappa shape index (κ3) is 9.68. The van der Waals surface area contributed by atoms with E-state index in [1.807, 2.05) is 0 Å². The van der Waals surface area contributed by atoms with Gasteiger partial charge >= 0.3 is 51.2 Å². The minimum atomic E-state index is 0. The predicted octanol–water partition coefficient (Wildman–Crippen LogP) is -0.126. The summed E-state index contributed by atoms with van der Waals surface area (Å²) in [4.78, 5) is 0. The summed E-state index contributed by atoms with van der Waals surface area (Å²) in [5.74, 6) is 0. The summed E-state index contributed by atoms with van der Waals surface area (Å²) in [5, 5.41) is 0. The Morgan fingerprint density at radius 2 is 1.00 bits per heavy atom. The second-order valence-corrected chi connectivity index (χ2v) is 0. The molecule has 4 heavy (non-hydrogen) atoms. The molecule has 0 aliphatic carbocycles. The van der Waals surface area contributed by atoms with Gasteiger partial charge in [-0.2, -0.15) is 0 Å². The molecular weight excluding hydrogens is 182 g/mol.